The number of thioether (sulfide) groups is 1. The Bertz CT molecular complexity index is 1220. The molecule has 0 radical (unpaired) electrons. The second kappa shape index (κ2) is 10.0. The Morgan fingerprint density at radius 1 is 0.969 bits per heavy atom. The van der Waals surface area contributed by atoms with Crippen LogP contribution in [0, 0.1) is 13.8 Å². The molecule has 0 saturated carbocycles. The number of hydrogen-bond donors (Lipinski definition) is 1. The number of pyridine rings is 1. The lowest BCUT2D eigenvalue weighted by molar-refractivity contribution is -0.118. The first kappa shape index (κ1) is 21.5. The van der Waals surface area contributed by atoms with E-state index in [9.17, 15) is 4.79 Å². The Morgan fingerprint density at radius 2 is 1.62 bits per heavy atom. The van der Waals surface area contributed by atoms with E-state index >= 15 is 0 Å². The molecule has 2 aromatic heterocycles. The summed E-state index contributed by atoms with van der Waals surface area (Å²) >= 11 is 1.31. The number of hydrogen-bond acceptors (Lipinski definition) is 6. The van der Waals surface area contributed by atoms with Gasteiger partial charge in [-0.05, 0) is 43.7 Å². The predicted octanol–water partition coefficient (Wildman–Crippen LogP) is 4.19. The van der Waals surface area contributed by atoms with Crippen LogP contribution < -0.4 is 5.43 Å². The van der Waals surface area contributed by atoms with Gasteiger partial charge in [-0.15, -0.1) is 10.2 Å². The molecule has 160 valence electrons. The minimum Gasteiger partial charge on any atom is -0.272 e. The normalized spacial score (nSPS) is 11.1. The summed E-state index contributed by atoms with van der Waals surface area (Å²) in [5.41, 5.74) is 7.64. The van der Waals surface area contributed by atoms with E-state index in [1.807, 2.05) is 66.9 Å². The van der Waals surface area contributed by atoms with Gasteiger partial charge in [0, 0.05) is 23.6 Å². The minimum atomic E-state index is -0.226. The first-order valence-electron chi connectivity index (χ1n) is 10.0. The first-order chi connectivity index (χ1) is 15.6. The number of nitrogens with one attached hydrogen (secondary N) is 1. The summed E-state index contributed by atoms with van der Waals surface area (Å²) in [5.74, 6) is 0.661. The van der Waals surface area contributed by atoms with Crippen LogP contribution in [0.5, 0.6) is 0 Å². The molecule has 1 N–H and O–H groups in total. The zero-order valence-corrected chi connectivity index (χ0v) is 18.6. The van der Waals surface area contributed by atoms with Crippen LogP contribution in [-0.2, 0) is 4.79 Å². The second-order valence-corrected chi connectivity index (χ2v) is 8.15. The highest BCUT2D eigenvalue weighted by molar-refractivity contribution is 7.99. The molecule has 0 atom stereocenters. The van der Waals surface area contributed by atoms with Crippen LogP contribution in [0.4, 0.5) is 0 Å². The van der Waals surface area contributed by atoms with Crippen molar-refractivity contribution in [2.75, 3.05) is 5.75 Å². The number of amides is 1. The van der Waals surface area contributed by atoms with Crippen molar-refractivity contribution in [3.63, 3.8) is 0 Å². The summed E-state index contributed by atoms with van der Waals surface area (Å²) in [6.07, 6.45) is 4.92. The molecule has 0 unspecified atom stereocenters. The monoisotopic (exact) mass is 442 g/mol. The van der Waals surface area contributed by atoms with Gasteiger partial charge in [0.15, 0.2) is 11.0 Å². The lowest BCUT2D eigenvalue weighted by Gasteiger charge is -2.11. The van der Waals surface area contributed by atoms with Gasteiger partial charge in [0.25, 0.3) is 5.91 Å². The van der Waals surface area contributed by atoms with Crippen LogP contribution in [-0.4, -0.2) is 37.6 Å². The first-order valence-corrected chi connectivity index (χ1v) is 11.0. The number of carbonyl (C=O) groups excluding carboxylic acids is 1. The number of hydrazone groups is 1. The number of aromatic nitrogens is 4. The average Bonchev–Trinajstić information content (AvgIpc) is 3.23. The van der Waals surface area contributed by atoms with E-state index < -0.39 is 0 Å². The number of rotatable bonds is 7. The molecule has 0 bridgehead atoms. The SMILES string of the molecule is Cc1ccc(-c2nnc(SCC(=O)N/N=C\c3ccncc3)n2-c2ccc(C)cc2)cc1. The fourth-order valence-corrected chi connectivity index (χ4v) is 3.71. The Balaban J connectivity index is 1.53. The molecular formula is C24H22N6OS. The fraction of sp³-hybridized carbons (Fsp3) is 0.125. The van der Waals surface area contributed by atoms with Gasteiger partial charge in [0.1, 0.15) is 0 Å². The maximum absolute atomic E-state index is 12.3. The maximum Gasteiger partial charge on any atom is 0.250 e. The van der Waals surface area contributed by atoms with Crippen molar-refractivity contribution in [1.29, 1.82) is 0 Å². The van der Waals surface area contributed by atoms with E-state index in [4.69, 9.17) is 0 Å². The number of benzene rings is 2. The van der Waals surface area contributed by atoms with Crippen LogP contribution in [0.2, 0.25) is 0 Å². The van der Waals surface area contributed by atoms with E-state index in [0.717, 1.165) is 22.6 Å². The Morgan fingerprint density at radius 3 is 2.31 bits per heavy atom. The molecule has 7 nitrogen and oxygen atoms in total. The van der Waals surface area contributed by atoms with Crippen molar-refractivity contribution in [3.8, 4) is 17.1 Å². The van der Waals surface area contributed by atoms with Crippen LogP contribution >= 0.6 is 11.8 Å². The van der Waals surface area contributed by atoms with Crippen LogP contribution in [0.3, 0.4) is 0 Å². The molecular weight excluding hydrogens is 420 g/mol. The molecule has 0 fully saturated rings. The third-order valence-corrected chi connectivity index (χ3v) is 5.61. The van der Waals surface area contributed by atoms with Crippen LogP contribution in [0.15, 0.2) is 83.3 Å². The lowest BCUT2D eigenvalue weighted by Crippen LogP contribution is -2.20. The van der Waals surface area contributed by atoms with Crippen molar-refractivity contribution in [2.24, 2.45) is 5.10 Å². The summed E-state index contributed by atoms with van der Waals surface area (Å²) in [7, 11) is 0. The fourth-order valence-electron chi connectivity index (χ4n) is 2.97. The highest BCUT2D eigenvalue weighted by atomic mass is 32.2. The van der Waals surface area contributed by atoms with E-state index in [0.29, 0.717) is 5.16 Å². The number of aryl methyl sites for hydroxylation is 2. The molecule has 4 rings (SSSR count). The molecule has 0 aliphatic heterocycles. The Kier molecular flexibility index (Phi) is 6.72. The third kappa shape index (κ3) is 5.28. The maximum atomic E-state index is 12.3. The largest absolute Gasteiger partial charge is 0.272 e. The second-order valence-electron chi connectivity index (χ2n) is 7.21. The molecule has 1 amide bonds. The Hall–Kier alpha value is -3.78. The zero-order chi connectivity index (χ0) is 22.3. The Labute approximate surface area is 190 Å². The van der Waals surface area contributed by atoms with Gasteiger partial charge in [-0.2, -0.15) is 5.10 Å². The van der Waals surface area contributed by atoms with Crippen molar-refractivity contribution in [1.82, 2.24) is 25.2 Å². The van der Waals surface area contributed by atoms with Gasteiger partial charge in [-0.3, -0.25) is 14.3 Å². The van der Waals surface area contributed by atoms with Crippen molar-refractivity contribution in [3.05, 3.63) is 89.7 Å². The van der Waals surface area contributed by atoms with Gasteiger partial charge in [-0.1, -0.05) is 59.3 Å². The predicted molar refractivity (Wildman–Crippen MR) is 127 cm³/mol. The molecule has 0 aliphatic carbocycles. The average molecular weight is 443 g/mol. The summed E-state index contributed by atoms with van der Waals surface area (Å²) in [6, 6.07) is 19.9. The molecule has 0 spiro atoms. The zero-order valence-electron chi connectivity index (χ0n) is 17.8. The third-order valence-electron chi connectivity index (χ3n) is 4.68. The molecule has 0 aliphatic rings. The van der Waals surface area contributed by atoms with Crippen LogP contribution in [0.25, 0.3) is 17.1 Å². The van der Waals surface area contributed by atoms with Crippen LogP contribution in [0.1, 0.15) is 16.7 Å². The summed E-state index contributed by atoms with van der Waals surface area (Å²) in [5, 5.41) is 13.4. The molecule has 32 heavy (non-hydrogen) atoms. The van der Waals surface area contributed by atoms with Crippen molar-refractivity contribution >= 4 is 23.9 Å². The van der Waals surface area contributed by atoms with E-state index in [1.54, 1.807) is 30.7 Å². The van der Waals surface area contributed by atoms with Crippen molar-refractivity contribution in [2.45, 2.75) is 19.0 Å². The highest BCUT2D eigenvalue weighted by Gasteiger charge is 2.17. The van der Waals surface area contributed by atoms with Gasteiger partial charge < -0.3 is 0 Å². The van der Waals surface area contributed by atoms with E-state index in [1.165, 1.54) is 22.9 Å². The summed E-state index contributed by atoms with van der Waals surface area (Å²) in [6.45, 7) is 4.09. The number of carbonyl (C=O) groups is 1. The van der Waals surface area contributed by atoms with Crippen molar-refractivity contribution < 1.29 is 4.79 Å². The van der Waals surface area contributed by atoms with E-state index in [2.05, 4.69) is 25.7 Å². The molecule has 0 saturated heterocycles. The summed E-state index contributed by atoms with van der Waals surface area (Å²) < 4.78 is 1.97. The number of nitrogens with zero attached hydrogens (tertiary/aromatic N) is 5. The smallest absolute Gasteiger partial charge is 0.250 e. The molecule has 8 heteroatoms. The standard InChI is InChI=1S/C24H22N6OS/c1-17-3-7-20(8-4-17)23-28-29-24(30(23)21-9-5-18(2)6-10-21)32-16-22(31)27-26-15-19-11-13-25-14-12-19/h3-15H,16H2,1-2H3,(H,27,31)/b26-15-. The summed E-state index contributed by atoms with van der Waals surface area (Å²) in [4.78, 5) is 16.2. The van der Waals surface area contributed by atoms with E-state index in [-0.39, 0.29) is 11.7 Å². The highest BCUT2D eigenvalue weighted by Crippen LogP contribution is 2.28. The van der Waals surface area contributed by atoms with Gasteiger partial charge in [0.05, 0.1) is 12.0 Å². The van der Waals surface area contributed by atoms with Gasteiger partial charge in [0.2, 0.25) is 0 Å². The molecule has 2 heterocycles. The minimum absolute atomic E-state index is 0.158. The topological polar surface area (TPSA) is 85.1 Å². The molecule has 2 aromatic carbocycles. The quantitative estimate of drug-likeness (QED) is 0.264. The molecule has 4 aromatic rings. The van der Waals surface area contributed by atoms with Gasteiger partial charge in [-0.25, -0.2) is 5.43 Å². The lowest BCUT2D eigenvalue weighted by atomic mass is 10.1. The van der Waals surface area contributed by atoms with Gasteiger partial charge >= 0.3 is 0 Å².